The van der Waals surface area contributed by atoms with Crippen molar-refractivity contribution < 1.29 is 18.7 Å². The van der Waals surface area contributed by atoms with E-state index in [9.17, 15) is 0 Å². The van der Waals surface area contributed by atoms with Gasteiger partial charge in [0.15, 0.2) is 0 Å². The van der Waals surface area contributed by atoms with Gasteiger partial charge in [-0.25, -0.2) is 19.6 Å². The second kappa shape index (κ2) is 12.9. The van der Waals surface area contributed by atoms with Crippen LogP contribution >= 0.6 is 31.9 Å². The number of hydrogen-bond donors (Lipinski definition) is 0. The van der Waals surface area contributed by atoms with E-state index < -0.39 is 0 Å². The second-order valence-electron chi connectivity index (χ2n) is 10.1. The van der Waals surface area contributed by atoms with Crippen molar-refractivity contribution in [2.45, 2.75) is 79.1 Å². The van der Waals surface area contributed by atoms with Gasteiger partial charge in [0.05, 0.1) is 0 Å². The summed E-state index contributed by atoms with van der Waals surface area (Å²) in [5, 5.41) is 0. The minimum absolute atomic E-state index is 0.414. The molecule has 0 bridgehead atoms. The molecule has 2 nitrogen and oxygen atoms in total. The zero-order valence-electron chi connectivity index (χ0n) is 22.2. The maximum atomic E-state index is 3.75. The molecule has 0 saturated heterocycles. The molecule has 5 heteroatoms. The van der Waals surface area contributed by atoms with Crippen molar-refractivity contribution in [3.05, 3.63) is 91.3 Å². The van der Waals surface area contributed by atoms with Gasteiger partial charge in [0.2, 0.25) is 0 Å². The van der Waals surface area contributed by atoms with Crippen LogP contribution in [0.2, 0.25) is 0 Å². The van der Waals surface area contributed by atoms with Crippen LogP contribution in [-0.4, -0.2) is 9.13 Å². The number of rotatable bonds is 6. The number of halogens is 2. The van der Waals surface area contributed by atoms with Crippen molar-refractivity contribution in [2.75, 3.05) is 0 Å². The maximum absolute atomic E-state index is 3.75. The summed E-state index contributed by atoms with van der Waals surface area (Å²) in [6.45, 7) is 24.7. The van der Waals surface area contributed by atoms with Gasteiger partial charge >= 0.3 is 222 Å². The Morgan fingerprint density at radius 1 is 0.686 bits per heavy atom. The van der Waals surface area contributed by atoms with Crippen LogP contribution in [-0.2, 0) is 18.7 Å². The summed E-state index contributed by atoms with van der Waals surface area (Å²) in [5.41, 5.74) is 7.97. The van der Waals surface area contributed by atoms with Gasteiger partial charge in [0, 0.05) is 0 Å². The van der Waals surface area contributed by atoms with Crippen molar-refractivity contribution in [3.63, 3.8) is 0 Å². The van der Waals surface area contributed by atoms with Crippen LogP contribution in [0.15, 0.2) is 58.3 Å². The molecule has 0 spiro atoms. The fourth-order valence-electron chi connectivity index (χ4n) is 4.28. The molecule has 35 heavy (non-hydrogen) atoms. The molecule has 0 fully saturated rings. The molecule has 0 unspecified atom stereocenters. The van der Waals surface area contributed by atoms with E-state index in [1.54, 1.807) is 0 Å². The fourth-order valence-corrected chi connectivity index (χ4v) is 5.85. The summed E-state index contributed by atoms with van der Waals surface area (Å²) in [6.07, 6.45) is 5.91. The Balaban J connectivity index is 0.00000137. The molecular formula is C30H39Br2N2Pd-. The number of aromatic nitrogens is 2. The van der Waals surface area contributed by atoms with E-state index in [-0.39, 0.29) is 0 Å². The predicted octanol–water partition coefficient (Wildman–Crippen LogP) is 10.4. The number of hydrogen-bond acceptors (Lipinski definition) is 0. The summed E-state index contributed by atoms with van der Waals surface area (Å²) < 4.78 is 8.02. The van der Waals surface area contributed by atoms with E-state index in [2.05, 4.69) is 165 Å². The SMILES string of the molecule is C=C[CH2-].CC(C)c1cc(Br)cc(C(C)C)c1-n1ccn(-c2c(C(C)C)cc(Br)cc2C(C)C)[c]1=[Pd]. The summed E-state index contributed by atoms with van der Waals surface area (Å²) in [4.78, 5) is 0. The average Bonchev–Trinajstić information content (AvgIpc) is 3.13. The van der Waals surface area contributed by atoms with E-state index >= 15 is 0 Å². The van der Waals surface area contributed by atoms with Crippen molar-refractivity contribution in [2.24, 2.45) is 0 Å². The number of nitrogens with zero attached hydrogens (tertiary/aromatic N) is 2. The van der Waals surface area contributed by atoms with E-state index in [4.69, 9.17) is 0 Å². The van der Waals surface area contributed by atoms with Crippen molar-refractivity contribution in [1.29, 1.82) is 0 Å². The first-order valence-corrected chi connectivity index (χ1v) is 14.5. The van der Waals surface area contributed by atoms with Gasteiger partial charge in [-0.05, 0) is 0 Å². The Hall–Kier alpha value is -1.12. The van der Waals surface area contributed by atoms with E-state index in [0.29, 0.717) is 23.7 Å². The van der Waals surface area contributed by atoms with Crippen molar-refractivity contribution in [1.82, 2.24) is 9.13 Å². The number of benzene rings is 2. The van der Waals surface area contributed by atoms with Crippen LogP contribution in [0.5, 0.6) is 0 Å². The molecule has 0 amide bonds. The van der Waals surface area contributed by atoms with Gasteiger partial charge in [-0.3, -0.25) is 0 Å². The molecule has 0 aliphatic heterocycles. The first-order chi connectivity index (χ1) is 16.3. The van der Waals surface area contributed by atoms with Gasteiger partial charge < -0.3 is 0 Å². The summed E-state index contributed by atoms with van der Waals surface area (Å²) in [7, 11) is 0. The van der Waals surface area contributed by atoms with Crippen LogP contribution in [0, 0.1) is 10.8 Å². The number of allylic oxidation sites excluding steroid dienone is 1. The molecule has 0 radical (unpaired) electrons. The van der Waals surface area contributed by atoms with Gasteiger partial charge in [0.25, 0.3) is 0 Å². The monoisotopic (exact) mass is 691 g/mol. The van der Waals surface area contributed by atoms with Gasteiger partial charge in [-0.1, -0.05) is 0 Å². The topological polar surface area (TPSA) is 9.86 Å². The van der Waals surface area contributed by atoms with E-state index in [1.165, 1.54) is 39.7 Å². The standard InChI is InChI=1S/C27H34Br2N2.C3H5.Pd/c1-16(2)22-11-20(28)12-23(17(3)4)26(22)30-9-10-31(15-30)27-24(18(5)6)13-21(29)14-25(27)19(7)8;1-3-2;/h9-14,16-19H,1-8H3;3H,1-2H2;/q;-1;. The quantitative estimate of drug-likeness (QED) is 0.180. The third-order valence-corrected chi connectivity index (χ3v) is 7.63. The van der Waals surface area contributed by atoms with Gasteiger partial charge in [0.1, 0.15) is 0 Å². The van der Waals surface area contributed by atoms with Crippen LogP contribution < -0.4 is 0 Å². The minimum atomic E-state index is 0.414. The second-order valence-corrected chi connectivity index (χ2v) is 12.6. The first-order valence-electron chi connectivity index (χ1n) is 12.2. The average molecular weight is 694 g/mol. The van der Waals surface area contributed by atoms with Crippen LogP contribution in [0.25, 0.3) is 11.4 Å². The van der Waals surface area contributed by atoms with E-state index in [0.717, 1.165) is 12.8 Å². The third-order valence-electron chi connectivity index (χ3n) is 5.97. The summed E-state index contributed by atoms with van der Waals surface area (Å²) in [6, 6.07) is 9.08. The Morgan fingerprint density at radius 3 is 1.11 bits per heavy atom. The number of imidazole rings is 1. The molecule has 3 aromatic rings. The fraction of sp³-hybridized carbons (Fsp3) is 0.400. The molecule has 0 N–H and O–H groups in total. The molecular weight excluding hydrogens is 655 g/mol. The predicted molar refractivity (Wildman–Crippen MR) is 156 cm³/mol. The third kappa shape index (κ3) is 6.81. The van der Waals surface area contributed by atoms with Crippen LogP contribution in [0.3, 0.4) is 0 Å². The Kier molecular flexibility index (Phi) is 11.1. The van der Waals surface area contributed by atoms with Crippen LogP contribution in [0.4, 0.5) is 0 Å². The Morgan fingerprint density at radius 2 is 0.914 bits per heavy atom. The van der Waals surface area contributed by atoms with Gasteiger partial charge in [-0.15, -0.1) is 0 Å². The Labute approximate surface area is 240 Å². The van der Waals surface area contributed by atoms with E-state index in [1.807, 2.05) is 0 Å². The van der Waals surface area contributed by atoms with Crippen molar-refractivity contribution in [3.8, 4) is 11.4 Å². The van der Waals surface area contributed by atoms with Crippen molar-refractivity contribution >= 4 is 31.9 Å². The molecule has 194 valence electrons. The molecule has 0 atom stereocenters. The summed E-state index contributed by atoms with van der Waals surface area (Å²) in [5.74, 6) is 1.66. The van der Waals surface area contributed by atoms with Gasteiger partial charge in [-0.2, -0.15) is 0 Å². The molecule has 0 saturated carbocycles. The van der Waals surface area contributed by atoms with Crippen LogP contribution in [0.1, 0.15) is 101 Å². The summed E-state index contributed by atoms with van der Waals surface area (Å²) >= 11 is 11.1. The molecule has 2 aromatic carbocycles. The molecule has 3 rings (SSSR count). The molecule has 1 aromatic heterocycles. The molecule has 1 heterocycles. The first kappa shape index (κ1) is 30.1. The molecule has 0 aliphatic carbocycles. The normalized spacial score (nSPS) is 11.4. The molecule has 0 aliphatic rings. The zero-order valence-corrected chi connectivity index (χ0v) is 27.0. The zero-order chi connectivity index (χ0) is 26.6. The Bertz CT molecular complexity index is 1080.